The fourth-order valence-corrected chi connectivity index (χ4v) is 4.44. The molecule has 1 amide bonds. The third-order valence-corrected chi connectivity index (χ3v) is 5.93. The highest BCUT2D eigenvalue weighted by atomic mass is 32.2. The molecule has 1 fully saturated rings. The van der Waals surface area contributed by atoms with Gasteiger partial charge in [0.05, 0.1) is 6.61 Å². The summed E-state index contributed by atoms with van der Waals surface area (Å²) in [5, 5.41) is 2.41. The van der Waals surface area contributed by atoms with Crippen molar-refractivity contribution in [1.82, 2.24) is 9.62 Å². The van der Waals surface area contributed by atoms with E-state index >= 15 is 0 Å². The van der Waals surface area contributed by atoms with Crippen molar-refractivity contribution in [2.24, 2.45) is 5.73 Å². The molecule has 0 bridgehead atoms. The standard InChI is InChI=1S/C16H25N3O6S/c1-2-24-16(21)13-6-7-15(25-13)26(22,23)19-10-4-3-5-12(19)11-18-14(20)8-9-17/h6-7,12H,2-5,8-11,17H2,1H3,(H,18,20). The van der Waals surface area contributed by atoms with Crippen molar-refractivity contribution < 1.29 is 27.2 Å². The molecule has 0 aliphatic carbocycles. The minimum absolute atomic E-state index is 0.157. The predicted octanol–water partition coefficient (Wildman–Crippen LogP) is 0.465. The molecule has 1 aliphatic rings. The van der Waals surface area contributed by atoms with Crippen LogP contribution in [0.3, 0.4) is 0 Å². The number of esters is 1. The van der Waals surface area contributed by atoms with Crippen molar-refractivity contribution in [3.05, 3.63) is 17.9 Å². The van der Waals surface area contributed by atoms with Crippen molar-refractivity contribution in [1.29, 1.82) is 0 Å². The molecule has 1 unspecified atom stereocenters. The van der Waals surface area contributed by atoms with E-state index < -0.39 is 16.0 Å². The first-order valence-electron chi connectivity index (χ1n) is 8.65. The van der Waals surface area contributed by atoms with Crippen LogP contribution in [0.5, 0.6) is 0 Å². The Hall–Kier alpha value is -1.91. The second-order valence-electron chi connectivity index (χ2n) is 5.95. The van der Waals surface area contributed by atoms with Gasteiger partial charge in [-0.1, -0.05) is 6.42 Å². The number of amides is 1. The molecule has 10 heteroatoms. The molecule has 1 atom stereocenters. The normalized spacial score (nSPS) is 18.5. The van der Waals surface area contributed by atoms with Crippen LogP contribution in [-0.4, -0.2) is 56.9 Å². The summed E-state index contributed by atoms with van der Waals surface area (Å²) in [7, 11) is -3.92. The molecule has 0 spiro atoms. The van der Waals surface area contributed by atoms with Gasteiger partial charge in [-0.2, -0.15) is 4.31 Å². The lowest BCUT2D eigenvalue weighted by molar-refractivity contribution is -0.121. The molecule has 0 aromatic carbocycles. The Morgan fingerprint density at radius 1 is 1.38 bits per heavy atom. The summed E-state index contributed by atoms with van der Waals surface area (Å²) >= 11 is 0. The number of hydrogen-bond acceptors (Lipinski definition) is 7. The quantitative estimate of drug-likeness (QED) is 0.619. The first-order valence-corrected chi connectivity index (χ1v) is 10.1. The van der Waals surface area contributed by atoms with Gasteiger partial charge in [-0.05, 0) is 31.9 Å². The summed E-state index contributed by atoms with van der Waals surface area (Å²) in [4.78, 5) is 23.3. The van der Waals surface area contributed by atoms with E-state index in [1.807, 2.05) is 0 Å². The van der Waals surface area contributed by atoms with E-state index in [0.717, 1.165) is 12.8 Å². The van der Waals surface area contributed by atoms with Crippen LogP contribution in [0.2, 0.25) is 0 Å². The zero-order chi connectivity index (χ0) is 19.2. The van der Waals surface area contributed by atoms with E-state index in [9.17, 15) is 18.0 Å². The molecule has 2 rings (SSSR count). The Bertz CT molecular complexity index is 730. The fourth-order valence-electron chi connectivity index (χ4n) is 2.83. The van der Waals surface area contributed by atoms with Crippen molar-refractivity contribution in [2.45, 2.75) is 43.7 Å². The van der Waals surface area contributed by atoms with Gasteiger partial charge in [0, 0.05) is 32.1 Å². The molecule has 9 nitrogen and oxygen atoms in total. The molecule has 0 saturated carbocycles. The Kier molecular flexibility index (Phi) is 7.18. The second kappa shape index (κ2) is 9.15. The monoisotopic (exact) mass is 387 g/mol. The minimum Gasteiger partial charge on any atom is -0.460 e. The number of nitrogens with one attached hydrogen (secondary N) is 1. The summed E-state index contributed by atoms with van der Waals surface area (Å²) in [5.74, 6) is -1.08. The lowest BCUT2D eigenvalue weighted by atomic mass is 10.1. The molecule has 1 aromatic heterocycles. The number of nitrogens with two attached hydrogens (primary N) is 1. The minimum atomic E-state index is -3.92. The molecule has 26 heavy (non-hydrogen) atoms. The average Bonchev–Trinajstić information content (AvgIpc) is 3.12. The molecule has 1 aliphatic heterocycles. The second-order valence-corrected chi connectivity index (χ2v) is 7.77. The van der Waals surface area contributed by atoms with E-state index in [-0.39, 0.29) is 48.9 Å². The molecule has 146 valence electrons. The topological polar surface area (TPSA) is 132 Å². The van der Waals surface area contributed by atoms with Crippen LogP contribution < -0.4 is 11.1 Å². The molecule has 1 saturated heterocycles. The van der Waals surface area contributed by atoms with Gasteiger partial charge >= 0.3 is 5.97 Å². The van der Waals surface area contributed by atoms with Crippen LogP contribution in [0.15, 0.2) is 21.6 Å². The molecule has 0 radical (unpaired) electrons. The smallest absolute Gasteiger partial charge is 0.374 e. The molecular weight excluding hydrogens is 362 g/mol. The first kappa shape index (κ1) is 20.4. The van der Waals surface area contributed by atoms with Gasteiger partial charge in [0.15, 0.2) is 0 Å². The van der Waals surface area contributed by atoms with E-state index in [4.69, 9.17) is 14.9 Å². The number of hydrogen-bond donors (Lipinski definition) is 2. The maximum Gasteiger partial charge on any atom is 0.374 e. The summed E-state index contributed by atoms with van der Waals surface area (Å²) in [5.41, 5.74) is 5.34. The van der Waals surface area contributed by atoms with Crippen molar-refractivity contribution >= 4 is 21.9 Å². The van der Waals surface area contributed by atoms with Crippen molar-refractivity contribution in [3.8, 4) is 0 Å². The van der Waals surface area contributed by atoms with Crippen LogP contribution in [0.25, 0.3) is 0 Å². The Labute approximate surface area is 152 Å². The zero-order valence-corrected chi connectivity index (χ0v) is 15.6. The van der Waals surface area contributed by atoms with Gasteiger partial charge in [0.2, 0.25) is 16.8 Å². The van der Waals surface area contributed by atoms with E-state index in [1.165, 1.54) is 16.4 Å². The highest BCUT2D eigenvalue weighted by molar-refractivity contribution is 7.89. The summed E-state index contributed by atoms with van der Waals surface area (Å²) in [6.45, 7) is 2.59. The molecule has 1 aromatic rings. The van der Waals surface area contributed by atoms with Gasteiger partial charge in [-0.25, -0.2) is 13.2 Å². The van der Waals surface area contributed by atoms with Crippen LogP contribution in [0, 0.1) is 0 Å². The first-order chi connectivity index (χ1) is 12.4. The largest absolute Gasteiger partial charge is 0.460 e. The van der Waals surface area contributed by atoms with Crippen LogP contribution in [0.1, 0.15) is 43.2 Å². The highest BCUT2D eigenvalue weighted by Gasteiger charge is 2.36. The van der Waals surface area contributed by atoms with E-state index in [1.54, 1.807) is 6.92 Å². The maximum atomic E-state index is 12.9. The summed E-state index contributed by atoms with van der Waals surface area (Å²) < 4.78 is 37.2. The van der Waals surface area contributed by atoms with E-state index in [0.29, 0.717) is 13.0 Å². The van der Waals surface area contributed by atoms with Crippen LogP contribution in [0.4, 0.5) is 0 Å². The van der Waals surface area contributed by atoms with Gasteiger partial charge in [-0.3, -0.25) is 4.79 Å². The number of rotatable bonds is 8. The number of carbonyl (C=O) groups is 2. The van der Waals surface area contributed by atoms with Crippen LogP contribution >= 0.6 is 0 Å². The maximum absolute atomic E-state index is 12.9. The lowest BCUT2D eigenvalue weighted by Crippen LogP contribution is -2.49. The number of furan rings is 1. The van der Waals surface area contributed by atoms with Crippen molar-refractivity contribution in [3.63, 3.8) is 0 Å². The summed E-state index contributed by atoms with van der Waals surface area (Å²) in [6, 6.07) is 2.17. The van der Waals surface area contributed by atoms with Crippen molar-refractivity contribution in [2.75, 3.05) is 26.2 Å². The number of sulfonamides is 1. The fraction of sp³-hybridized carbons (Fsp3) is 0.625. The van der Waals surface area contributed by atoms with Gasteiger partial charge < -0.3 is 20.2 Å². The molecule has 2 heterocycles. The lowest BCUT2D eigenvalue weighted by Gasteiger charge is -2.34. The zero-order valence-electron chi connectivity index (χ0n) is 14.8. The molecule has 3 N–H and O–H groups in total. The van der Waals surface area contributed by atoms with Gasteiger partial charge in [-0.15, -0.1) is 0 Å². The SMILES string of the molecule is CCOC(=O)c1ccc(S(=O)(=O)N2CCCCC2CNC(=O)CCN)o1. The van der Waals surface area contributed by atoms with Gasteiger partial charge in [0.1, 0.15) is 0 Å². The Morgan fingerprint density at radius 3 is 2.85 bits per heavy atom. The van der Waals surface area contributed by atoms with Gasteiger partial charge in [0.25, 0.3) is 10.0 Å². The van der Waals surface area contributed by atoms with Crippen LogP contribution in [-0.2, 0) is 19.6 Å². The average molecular weight is 387 g/mol. The highest BCUT2D eigenvalue weighted by Crippen LogP contribution is 2.26. The third kappa shape index (κ3) is 4.83. The number of ether oxygens (including phenoxy) is 1. The third-order valence-electron chi connectivity index (χ3n) is 4.10. The molecular formula is C16H25N3O6S. The number of carbonyl (C=O) groups excluding carboxylic acids is 2. The Morgan fingerprint density at radius 2 is 2.15 bits per heavy atom. The summed E-state index contributed by atoms with van der Waals surface area (Å²) in [6.07, 6.45) is 2.42. The number of piperidine rings is 1. The number of nitrogens with zero attached hydrogens (tertiary/aromatic N) is 1. The predicted molar refractivity (Wildman–Crippen MR) is 92.9 cm³/mol. The van der Waals surface area contributed by atoms with E-state index in [2.05, 4.69) is 5.32 Å². The Balaban J connectivity index is 2.14.